The average Bonchev–Trinajstić information content (AvgIpc) is 3.24. The van der Waals surface area contributed by atoms with Gasteiger partial charge < -0.3 is 29.0 Å². The Morgan fingerprint density at radius 1 is 1.12 bits per heavy atom. The molecule has 2 aromatic carbocycles. The monoisotopic (exact) mass is 444 g/mol. The Morgan fingerprint density at radius 2 is 1.84 bits per heavy atom. The van der Waals surface area contributed by atoms with Gasteiger partial charge in [0, 0.05) is 10.6 Å². The van der Waals surface area contributed by atoms with Crippen LogP contribution in [0.2, 0.25) is 0 Å². The largest absolute Gasteiger partial charge is 0.497 e. The van der Waals surface area contributed by atoms with Gasteiger partial charge in [0.2, 0.25) is 6.54 Å². The summed E-state index contributed by atoms with van der Waals surface area (Å²) in [7, 11) is 1.58. The van der Waals surface area contributed by atoms with E-state index in [1.807, 2.05) is 44.2 Å². The lowest BCUT2D eigenvalue weighted by Crippen LogP contribution is -2.48. The highest BCUT2D eigenvalue weighted by Crippen LogP contribution is 2.40. The van der Waals surface area contributed by atoms with Crippen molar-refractivity contribution in [3.63, 3.8) is 0 Å². The molecule has 9 nitrogen and oxygen atoms in total. The molecule has 0 saturated carbocycles. The summed E-state index contributed by atoms with van der Waals surface area (Å²) in [5.41, 5.74) is 1.70. The van der Waals surface area contributed by atoms with E-state index in [1.165, 1.54) is 0 Å². The first-order valence-electron chi connectivity index (χ1n) is 10.5. The molecule has 0 unspecified atom stereocenters. The maximum Gasteiger partial charge on any atom is 0.226 e. The first-order chi connectivity index (χ1) is 15.3. The summed E-state index contributed by atoms with van der Waals surface area (Å²) in [6.45, 7) is 3.58. The van der Waals surface area contributed by atoms with Crippen molar-refractivity contribution >= 4 is 5.69 Å². The van der Waals surface area contributed by atoms with Crippen LogP contribution in [0.15, 0.2) is 54.6 Å². The summed E-state index contributed by atoms with van der Waals surface area (Å²) in [4.78, 5) is 11.1. The molecule has 0 amide bonds. The third-order valence-corrected chi connectivity index (χ3v) is 5.50. The fourth-order valence-electron chi connectivity index (χ4n) is 4.08. The highest BCUT2D eigenvalue weighted by molar-refractivity contribution is 5.47. The number of nitrogens with one attached hydrogen (secondary N) is 1. The van der Waals surface area contributed by atoms with Crippen LogP contribution in [-0.2, 0) is 25.6 Å². The van der Waals surface area contributed by atoms with Crippen molar-refractivity contribution in [2.45, 2.75) is 56.9 Å². The van der Waals surface area contributed by atoms with Crippen LogP contribution in [0.4, 0.5) is 5.69 Å². The third-order valence-electron chi connectivity index (χ3n) is 5.50. The van der Waals surface area contributed by atoms with E-state index in [9.17, 15) is 10.1 Å². The smallest absolute Gasteiger partial charge is 0.226 e. The molecule has 32 heavy (non-hydrogen) atoms. The summed E-state index contributed by atoms with van der Waals surface area (Å²) in [5, 5.41) is 14.7. The lowest BCUT2D eigenvalue weighted by molar-refractivity contribution is -0.484. The van der Waals surface area contributed by atoms with Crippen molar-refractivity contribution in [3.05, 3.63) is 70.3 Å². The molecular formula is C23H28N2O7. The highest BCUT2D eigenvalue weighted by atomic mass is 16.8. The molecule has 2 aliphatic heterocycles. The Morgan fingerprint density at radius 3 is 2.50 bits per heavy atom. The minimum atomic E-state index is -0.823. The Hall–Kier alpha value is -2.72. The Labute approximate surface area is 186 Å². The third kappa shape index (κ3) is 5.18. The fraction of sp³-hybridized carbons (Fsp3) is 0.478. The van der Waals surface area contributed by atoms with Gasteiger partial charge in [0.05, 0.1) is 13.7 Å². The van der Waals surface area contributed by atoms with Crippen LogP contribution in [0.5, 0.6) is 5.75 Å². The van der Waals surface area contributed by atoms with Crippen molar-refractivity contribution in [2.75, 3.05) is 19.0 Å². The molecule has 2 saturated heterocycles. The van der Waals surface area contributed by atoms with Crippen LogP contribution >= 0.6 is 0 Å². The number of rotatable bonds is 9. The summed E-state index contributed by atoms with van der Waals surface area (Å²) in [5.74, 6) is -0.127. The predicted molar refractivity (Wildman–Crippen MR) is 116 cm³/mol. The Balaban J connectivity index is 1.55. The summed E-state index contributed by atoms with van der Waals surface area (Å²) < 4.78 is 29.5. The van der Waals surface area contributed by atoms with Crippen molar-refractivity contribution < 1.29 is 28.6 Å². The zero-order valence-electron chi connectivity index (χ0n) is 18.3. The first kappa shape index (κ1) is 22.5. The minimum absolute atomic E-state index is 0.325. The zero-order valence-corrected chi connectivity index (χ0v) is 18.3. The minimum Gasteiger partial charge on any atom is -0.497 e. The van der Waals surface area contributed by atoms with Crippen molar-refractivity contribution in [1.82, 2.24) is 0 Å². The molecule has 2 aromatic rings. The van der Waals surface area contributed by atoms with Crippen molar-refractivity contribution in [2.24, 2.45) is 0 Å². The topological polar surface area (TPSA) is 101 Å². The van der Waals surface area contributed by atoms with E-state index < -0.39 is 36.4 Å². The molecule has 2 fully saturated rings. The van der Waals surface area contributed by atoms with Gasteiger partial charge in [-0.3, -0.25) is 10.1 Å². The number of anilines is 1. The molecule has 0 aromatic heterocycles. The normalized spacial score (nSPS) is 27.0. The van der Waals surface area contributed by atoms with Gasteiger partial charge in [-0.05, 0) is 43.7 Å². The number of hydrogen-bond donors (Lipinski definition) is 1. The first-order valence-corrected chi connectivity index (χ1v) is 10.5. The van der Waals surface area contributed by atoms with Gasteiger partial charge in [0.25, 0.3) is 0 Å². The van der Waals surface area contributed by atoms with Gasteiger partial charge in [-0.15, -0.1) is 0 Å². The number of nitro groups is 1. The van der Waals surface area contributed by atoms with Gasteiger partial charge in [-0.1, -0.05) is 30.3 Å². The van der Waals surface area contributed by atoms with Gasteiger partial charge >= 0.3 is 0 Å². The maximum atomic E-state index is 11.5. The van der Waals surface area contributed by atoms with E-state index in [0.29, 0.717) is 18.0 Å². The standard InChI is InChI=1S/C23H28N2O7/c1-23(2)31-21-20(29-14-15-7-5-4-6-8-15)19(30-22(21)32-23)18(13-25(26)27)24-16-9-11-17(28-3)12-10-16/h4-12,18-22,24H,13-14H2,1-3H3/t18-,19-,20+,21-,22-/m1/s1. The number of nitrogens with zero attached hydrogens (tertiary/aromatic N) is 1. The second kappa shape index (κ2) is 9.41. The van der Waals surface area contributed by atoms with Gasteiger partial charge in [-0.2, -0.15) is 0 Å². The van der Waals surface area contributed by atoms with Crippen LogP contribution < -0.4 is 10.1 Å². The van der Waals surface area contributed by atoms with E-state index in [-0.39, 0.29) is 11.5 Å². The molecule has 9 heteroatoms. The van der Waals surface area contributed by atoms with Gasteiger partial charge in [0.1, 0.15) is 30.1 Å². The number of hydrogen-bond acceptors (Lipinski definition) is 8. The molecule has 0 spiro atoms. The van der Waals surface area contributed by atoms with Crippen molar-refractivity contribution in [1.29, 1.82) is 0 Å². The second-order valence-corrected chi connectivity index (χ2v) is 8.33. The Kier molecular flexibility index (Phi) is 6.61. The van der Waals surface area contributed by atoms with Gasteiger partial charge in [0.15, 0.2) is 12.1 Å². The quantitative estimate of drug-likeness (QED) is 0.465. The molecular weight excluding hydrogens is 416 g/mol. The molecule has 4 rings (SSSR count). The average molecular weight is 444 g/mol. The lowest BCUT2D eigenvalue weighted by Gasteiger charge is -2.30. The summed E-state index contributed by atoms with van der Waals surface area (Å²) in [6, 6.07) is 16.2. The van der Waals surface area contributed by atoms with Crippen LogP contribution in [0, 0.1) is 10.1 Å². The Bertz CT molecular complexity index is 906. The van der Waals surface area contributed by atoms with Crippen LogP contribution in [-0.4, -0.2) is 55.0 Å². The lowest BCUT2D eigenvalue weighted by atomic mass is 10.0. The summed E-state index contributed by atoms with van der Waals surface area (Å²) in [6.07, 6.45) is -2.37. The predicted octanol–water partition coefficient (Wildman–Crippen LogP) is 3.21. The van der Waals surface area contributed by atoms with E-state index >= 15 is 0 Å². The van der Waals surface area contributed by atoms with Crippen LogP contribution in [0.1, 0.15) is 19.4 Å². The fourth-order valence-corrected chi connectivity index (χ4v) is 4.08. The molecule has 172 valence electrons. The van der Waals surface area contributed by atoms with Crippen LogP contribution in [0.25, 0.3) is 0 Å². The van der Waals surface area contributed by atoms with Gasteiger partial charge in [-0.25, -0.2) is 0 Å². The van der Waals surface area contributed by atoms with E-state index in [1.54, 1.807) is 31.4 Å². The van der Waals surface area contributed by atoms with Crippen molar-refractivity contribution in [3.8, 4) is 5.75 Å². The molecule has 5 atom stereocenters. The number of fused-ring (bicyclic) bond motifs is 1. The maximum absolute atomic E-state index is 11.5. The molecule has 0 radical (unpaired) electrons. The molecule has 2 aliphatic rings. The highest BCUT2D eigenvalue weighted by Gasteiger charge is 2.57. The van der Waals surface area contributed by atoms with E-state index in [2.05, 4.69) is 5.32 Å². The molecule has 0 aliphatic carbocycles. The summed E-state index contributed by atoms with van der Waals surface area (Å²) >= 11 is 0. The van der Waals surface area contributed by atoms with E-state index in [0.717, 1.165) is 5.56 Å². The zero-order chi connectivity index (χ0) is 22.7. The molecule has 0 bridgehead atoms. The molecule has 2 heterocycles. The second-order valence-electron chi connectivity index (χ2n) is 8.33. The number of benzene rings is 2. The molecule has 1 N–H and O–H groups in total. The SMILES string of the molecule is COc1ccc(N[C@H](C[N+](=O)[O-])[C@H]2O[C@@H]3OC(C)(C)O[C@@H]3[C@H]2OCc2ccccc2)cc1. The number of methoxy groups -OCH3 is 1. The number of ether oxygens (including phenoxy) is 5. The van der Waals surface area contributed by atoms with Crippen LogP contribution in [0.3, 0.4) is 0 Å². The van der Waals surface area contributed by atoms with E-state index in [4.69, 9.17) is 23.7 Å².